The zero-order chi connectivity index (χ0) is 30.2. The van der Waals surface area contributed by atoms with Crippen molar-refractivity contribution >= 4 is 28.7 Å². The second-order valence-electron chi connectivity index (χ2n) is 9.49. The molecule has 0 saturated carbocycles. The van der Waals surface area contributed by atoms with E-state index in [1.807, 2.05) is 50.2 Å². The van der Waals surface area contributed by atoms with Crippen LogP contribution >= 0.6 is 0 Å². The fraction of sp³-hybridized carbons (Fsp3) is 0.219. The van der Waals surface area contributed by atoms with Crippen LogP contribution in [-0.4, -0.2) is 35.0 Å². The van der Waals surface area contributed by atoms with Crippen LogP contribution in [0.15, 0.2) is 67.0 Å². The molecule has 218 valence electrons. The summed E-state index contributed by atoms with van der Waals surface area (Å²) in [6.07, 6.45) is 4.62. The number of nitrogens with one attached hydrogen (secondary N) is 3. The summed E-state index contributed by atoms with van der Waals surface area (Å²) in [5.41, 5.74) is 9.93. The molecule has 1 unspecified atom stereocenters. The lowest BCUT2D eigenvalue weighted by molar-refractivity contribution is -0.109. The number of aromatic nitrogens is 3. The fourth-order valence-corrected chi connectivity index (χ4v) is 4.62. The molecule has 8 nitrogen and oxygen atoms in total. The van der Waals surface area contributed by atoms with E-state index >= 15 is 4.39 Å². The number of imidazole rings is 1. The van der Waals surface area contributed by atoms with Crippen LogP contribution in [0.2, 0.25) is 0 Å². The Kier molecular flexibility index (Phi) is 9.69. The lowest BCUT2D eigenvalue weighted by Gasteiger charge is -2.22. The molecule has 5 rings (SSSR count). The standard InChI is InChI=1S/C30H29F2N5O.C2H5NO/c1-4-18-13-23(27(32)26(14-18)38-5-2)28(36-20-9-10-22-19(15-20)11-12-34-29(22)33)30-35-16-25(37-30)21-7-6-8-24(31)17(21)3;1-3-2-4/h6-16,28,36H,4-5H2,1-3H3,(H2,33,34)(H,35,37);2H,1H3,(H,3,4). The largest absolute Gasteiger partial charge is 0.491 e. The first-order valence-electron chi connectivity index (χ1n) is 13.6. The van der Waals surface area contributed by atoms with Crippen LogP contribution in [0.4, 0.5) is 20.3 Å². The maximum atomic E-state index is 15.9. The summed E-state index contributed by atoms with van der Waals surface area (Å²) in [5.74, 6) is 0.345. The minimum atomic E-state index is -0.694. The lowest BCUT2D eigenvalue weighted by atomic mass is 9.99. The average molecular weight is 573 g/mol. The Morgan fingerprint density at radius 2 is 1.88 bits per heavy atom. The van der Waals surface area contributed by atoms with Crippen molar-refractivity contribution in [3.05, 3.63) is 101 Å². The van der Waals surface area contributed by atoms with E-state index in [0.29, 0.717) is 53.5 Å². The number of halogens is 2. The molecule has 10 heteroatoms. The number of anilines is 2. The number of fused-ring (bicyclic) bond motifs is 1. The molecule has 0 bridgehead atoms. The van der Waals surface area contributed by atoms with Crippen molar-refractivity contribution in [2.75, 3.05) is 24.7 Å². The first-order valence-corrected chi connectivity index (χ1v) is 13.6. The molecule has 0 spiro atoms. The fourth-order valence-electron chi connectivity index (χ4n) is 4.62. The van der Waals surface area contributed by atoms with Gasteiger partial charge in [0.05, 0.1) is 18.5 Å². The van der Waals surface area contributed by atoms with E-state index in [0.717, 1.165) is 22.0 Å². The van der Waals surface area contributed by atoms with Crippen molar-refractivity contribution in [2.45, 2.75) is 33.2 Å². The van der Waals surface area contributed by atoms with Crippen LogP contribution in [-0.2, 0) is 11.2 Å². The highest BCUT2D eigenvalue weighted by atomic mass is 19.1. The maximum absolute atomic E-state index is 15.9. The van der Waals surface area contributed by atoms with Crippen molar-refractivity contribution in [1.82, 2.24) is 20.3 Å². The van der Waals surface area contributed by atoms with E-state index in [4.69, 9.17) is 15.3 Å². The van der Waals surface area contributed by atoms with Crippen molar-refractivity contribution in [2.24, 2.45) is 0 Å². The molecule has 5 N–H and O–H groups in total. The predicted octanol–water partition coefficient (Wildman–Crippen LogP) is 6.32. The van der Waals surface area contributed by atoms with Crippen molar-refractivity contribution in [3.8, 4) is 17.0 Å². The van der Waals surface area contributed by atoms with Gasteiger partial charge in [0.1, 0.15) is 23.5 Å². The first kappa shape index (κ1) is 30.0. The minimum absolute atomic E-state index is 0.193. The third kappa shape index (κ3) is 6.49. The van der Waals surface area contributed by atoms with E-state index < -0.39 is 11.9 Å². The molecular weight excluding hydrogens is 538 g/mol. The Morgan fingerprint density at radius 3 is 2.60 bits per heavy atom. The number of hydrogen-bond donors (Lipinski definition) is 4. The summed E-state index contributed by atoms with van der Waals surface area (Å²) >= 11 is 0. The van der Waals surface area contributed by atoms with E-state index in [2.05, 4.69) is 25.6 Å². The van der Waals surface area contributed by atoms with Crippen LogP contribution in [0.5, 0.6) is 5.75 Å². The number of H-pyrrole nitrogens is 1. The molecule has 0 aliphatic carbocycles. The van der Waals surface area contributed by atoms with Gasteiger partial charge in [-0.2, -0.15) is 0 Å². The van der Waals surface area contributed by atoms with Crippen LogP contribution < -0.4 is 21.1 Å². The predicted molar refractivity (Wildman–Crippen MR) is 162 cm³/mol. The van der Waals surface area contributed by atoms with Gasteiger partial charge in [0.15, 0.2) is 11.6 Å². The summed E-state index contributed by atoms with van der Waals surface area (Å²) in [4.78, 5) is 21.1. The van der Waals surface area contributed by atoms with E-state index in [9.17, 15) is 4.39 Å². The molecule has 0 fully saturated rings. The number of aryl methyl sites for hydroxylation is 1. The van der Waals surface area contributed by atoms with Crippen LogP contribution in [0.3, 0.4) is 0 Å². The Bertz CT molecular complexity index is 1690. The van der Waals surface area contributed by atoms with Crippen LogP contribution in [0.25, 0.3) is 22.0 Å². The number of nitrogen functional groups attached to an aromatic ring is 1. The number of nitrogens with zero attached hydrogens (tertiary/aromatic N) is 2. The van der Waals surface area contributed by atoms with Gasteiger partial charge in [0.25, 0.3) is 0 Å². The molecule has 0 aliphatic rings. The highest BCUT2D eigenvalue weighted by molar-refractivity contribution is 5.93. The summed E-state index contributed by atoms with van der Waals surface area (Å²) in [7, 11) is 1.56. The summed E-state index contributed by atoms with van der Waals surface area (Å²) in [6, 6.07) is 15.3. The first-order chi connectivity index (χ1) is 20.3. The second kappa shape index (κ2) is 13.6. The third-order valence-corrected chi connectivity index (χ3v) is 6.80. The zero-order valence-corrected chi connectivity index (χ0v) is 24.0. The summed E-state index contributed by atoms with van der Waals surface area (Å²) in [5, 5.41) is 7.43. The molecule has 2 aromatic heterocycles. The van der Waals surface area contributed by atoms with Gasteiger partial charge in [-0.05, 0) is 73.2 Å². The highest BCUT2D eigenvalue weighted by Gasteiger charge is 2.25. The molecule has 1 amide bonds. The SMILES string of the molecule is CCOc1cc(CC)cc(C(Nc2ccc3c(N)nccc3c2)c2ncc(-c3cccc(F)c3C)[nH]2)c1F.CNC=O. The molecule has 1 atom stereocenters. The van der Waals surface area contributed by atoms with Gasteiger partial charge in [-0.1, -0.05) is 25.1 Å². The van der Waals surface area contributed by atoms with Gasteiger partial charge in [0, 0.05) is 35.4 Å². The molecule has 3 aromatic carbocycles. The van der Waals surface area contributed by atoms with E-state index in [1.54, 1.807) is 38.5 Å². The topological polar surface area (TPSA) is 118 Å². The molecular formula is C32H34F2N6O2. The Labute approximate surface area is 243 Å². The van der Waals surface area contributed by atoms with Gasteiger partial charge in [-0.25, -0.2) is 18.7 Å². The number of rotatable bonds is 9. The molecule has 42 heavy (non-hydrogen) atoms. The van der Waals surface area contributed by atoms with Gasteiger partial charge in [-0.3, -0.25) is 4.79 Å². The number of pyridine rings is 1. The normalized spacial score (nSPS) is 11.4. The Hall–Kier alpha value is -4.99. The second-order valence-corrected chi connectivity index (χ2v) is 9.49. The van der Waals surface area contributed by atoms with Gasteiger partial charge in [0.2, 0.25) is 6.41 Å². The molecule has 0 aliphatic heterocycles. The van der Waals surface area contributed by atoms with Crippen molar-refractivity contribution < 1.29 is 18.3 Å². The minimum Gasteiger partial charge on any atom is -0.491 e. The van der Waals surface area contributed by atoms with E-state index in [-0.39, 0.29) is 11.6 Å². The number of ether oxygens (including phenoxy) is 1. The monoisotopic (exact) mass is 572 g/mol. The number of benzene rings is 3. The molecule has 0 saturated heterocycles. The highest BCUT2D eigenvalue weighted by Crippen LogP contribution is 2.35. The Morgan fingerprint density at radius 1 is 1.10 bits per heavy atom. The number of carbonyl (C=O) groups is 1. The molecule has 0 radical (unpaired) electrons. The number of carbonyl (C=O) groups excluding carboxylic acids is 1. The van der Waals surface area contributed by atoms with Crippen LogP contribution in [0, 0.1) is 18.6 Å². The molecule has 5 aromatic rings. The summed E-state index contributed by atoms with van der Waals surface area (Å²) < 4.78 is 35.8. The Balaban J connectivity index is 0.000000952. The smallest absolute Gasteiger partial charge is 0.206 e. The van der Waals surface area contributed by atoms with Crippen LogP contribution in [0.1, 0.15) is 42.4 Å². The van der Waals surface area contributed by atoms with Gasteiger partial charge < -0.3 is 26.1 Å². The number of nitrogens with two attached hydrogens (primary N) is 1. The average Bonchev–Trinajstić information content (AvgIpc) is 3.48. The van der Waals surface area contributed by atoms with Gasteiger partial charge >= 0.3 is 0 Å². The van der Waals surface area contributed by atoms with Gasteiger partial charge in [-0.15, -0.1) is 0 Å². The van der Waals surface area contributed by atoms with E-state index in [1.165, 1.54) is 6.07 Å². The number of hydrogen-bond acceptors (Lipinski definition) is 6. The third-order valence-electron chi connectivity index (χ3n) is 6.80. The number of aromatic amines is 1. The summed E-state index contributed by atoms with van der Waals surface area (Å²) in [6.45, 7) is 5.89. The quantitative estimate of drug-likeness (QED) is 0.154. The van der Waals surface area contributed by atoms with Crippen molar-refractivity contribution in [3.63, 3.8) is 0 Å². The number of amides is 1. The lowest BCUT2D eigenvalue weighted by Crippen LogP contribution is -2.17. The zero-order valence-electron chi connectivity index (χ0n) is 24.0. The maximum Gasteiger partial charge on any atom is 0.206 e. The molecule has 2 heterocycles. The van der Waals surface area contributed by atoms with Crippen molar-refractivity contribution in [1.29, 1.82) is 0 Å².